The molecule has 0 saturated heterocycles. The number of phenolic OH excluding ortho intramolecular Hbond substituents is 1. The Hall–Kier alpha value is -2.17. The summed E-state index contributed by atoms with van der Waals surface area (Å²) >= 11 is 0. The van der Waals surface area contributed by atoms with Gasteiger partial charge in [-0.1, -0.05) is 17.3 Å². The molecule has 0 fully saturated rings. The normalized spacial score (nSPS) is 10.2. The standard InChI is InChI=1S/C10H9N3O2/c1-6-10(13-15-12-6)9(11)7-4-2-3-5-8(7)14/h2-5,11,14H,1H3. The van der Waals surface area contributed by atoms with Crippen molar-refractivity contribution >= 4 is 5.71 Å². The number of rotatable bonds is 2. The van der Waals surface area contributed by atoms with Crippen LogP contribution in [0.2, 0.25) is 0 Å². The SMILES string of the molecule is Cc1nonc1C(=N)c1ccccc1O. The summed E-state index contributed by atoms with van der Waals surface area (Å²) in [5.74, 6) is 0.0462. The molecule has 2 N–H and O–H groups in total. The monoisotopic (exact) mass is 203 g/mol. The third-order valence-electron chi connectivity index (χ3n) is 2.06. The fourth-order valence-electron chi connectivity index (χ4n) is 1.27. The van der Waals surface area contributed by atoms with Crippen LogP contribution in [0.5, 0.6) is 5.75 Å². The highest BCUT2D eigenvalue weighted by atomic mass is 16.6. The minimum Gasteiger partial charge on any atom is -0.507 e. The van der Waals surface area contributed by atoms with E-state index in [4.69, 9.17) is 5.41 Å². The van der Waals surface area contributed by atoms with Crippen LogP contribution < -0.4 is 0 Å². The average molecular weight is 203 g/mol. The summed E-state index contributed by atoms with van der Waals surface area (Å²) in [4.78, 5) is 0. The van der Waals surface area contributed by atoms with E-state index in [-0.39, 0.29) is 11.5 Å². The van der Waals surface area contributed by atoms with Gasteiger partial charge in [-0.15, -0.1) is 0 Å². The van der Waals surface area contributed by atoms with Gasteiger partial charge in [-0.05, 0) is 24.2 Å². The van der Waals surface area contributed by atoms with Crippen LogP contribution in [0.15, 0.2) is 28.9 Å². The van der Waals surface area contributed by atoms with Crippen LogP contribution in [0.25, 0.3) is 0 Å². The van der Waals surface area contributed by atoms with Gasteiger partial charge in [0.25, 0.3) is 0 Å². The third kappa shape index (κ3) is 1.59. The molecule has 0 bridgehead atoms. The molecule has 5 heteroatoms. The Morgan fingerprint density at radius 1 is 1.33 bits per heavy atom. The summed E-state index contributed by atoms with van der Waals surface area (Å²) in [6.45, 7) is 1.69. The Labute approximate surface area is 85.8 Å². The summed E-state index contributed by atoms with van der Waals surface area (Å²) in [7, 11) is 0. The van der Waals surface area contributed by atoms with E-state index in [9.17, 15) is 5.11 Å². The van der Waals surface area contributed by atoms with E-state index in [0.29, 0.717) is 17.0 Å². The molecule has 0 saturated carbocycles. The van der Waals surface area contributed by atoms with Crippen LogP contribution in [-0.4, -0.2) is 21.1 Å². The van der Waals surface area contributed by atoms with Crippen molar-refractivity contribution in [2.45, 2.75) is 6.92 Å². The lowest BCUT2D eigenvalue weighted by molar-refractivity contribution is 0.304. The second-order valence-corrected chi connectivity index (χ2v) is 3.09. The van der Waals surface area contributed by atoms with Gasteiger partial charge < -0.3 is 5.11 Å². The molecule has 5 nitrogen and oxygen atoms in total. The van der Waals surface area contributed by atoms with Crippen molar-refractivity contribution in [3.8, 4) is 5.75 Å². The zero-order valence-corrected chi connectivity index (χ0v) is 8.06. The number of hydrogen-bond acceptors (Lipinski definition) is 5. The number of aromatic hydroxyl groups is 1. The molecule has 0 aliphatic carbocycles. The zero-order valence-electron chi connectivity index (χ0n) is 8.06. The number of benzene rings is 1. The van der Waals surface area contributed by atoms with Crippen molar-refractivity contribution < 1.29 is 9.74 Å². The van der Waals surface area contributed by atoms with Crippen molar-refractivity contribution in [2.24, 2.45) is 0 Å². The van der Waals surface area contributed by atoms with Gasteiger partial charge in [-0.2, -0.15) is 0 Å². The first-order chi connectivity index (χ1) is 7.20. The highest BCUT2D eigenvalue weighted by Crippen LogP contribution is 2.19. The van der Waals surface area contributed by atoms with Gasteiger partial charge in [0.15, 0.2) is 5.69 Å². The van der Waals surface area contributed by atoms with Gasteiger partial charge in [0.1, 0.15) is 11.4 Å². The van der Waals surface area contributed by atoms with Crippen molar-refractivity contribution in [3.63, 3.8) is 0 Å². The molecule has 0 radical (unpaired) electrons. The van der Waals surface area contributed by atoms with Crippen LogP contribution in [0.4, 0.5) is 0 Å². The lowest BCUT2D eigenvalue weighted by Gasteiger charge is -2.02. The van der Waals surface area contributed by atoms with E-state index < -0.39 is 0 Å². The van der Waals surface area contributed by atoms with Crippen molar-refractivity contribution in [1.82, 2.24) is 10.3 Å². The Balaban J connectivity index is 2.46. The molecule has 0 aliphatic rings. The first-order valence-electron chi connectivity index (χ1n) is 4.36. The van der Waals surface area contributed by atoms with Gasteiger partial charge >= 0.3 is 0 Å². The number of hydrogen-bond donors (Lipinski definition) is 2. The Kier molecular flexibility index (Phi) is 2.21. The van der Waals surface area contributed by atoms with Crippen molar-refractivity contribution in [2.75, 3.05) is 0 Å². The molecule has 0 unspecified atom stereocenters. The molecule has 0 atom stereocenters. The molecule has 0 spiro atoms. The summed E-state index contributed by atoms with van der Waals surface area (Å²) in [6.07, 6.45) is 0. The minimum atomic E-state index is 0.0462. The quantitative estimate of drug-likeness (QED) is 0.724. The van der Waals surface area contributed by atoms with E-state index >= 15 is 0 Å². The molecule has 15 heavy (non-hydrogen) atoms. The summed E-state index contributed by atoms with van der Waals surface area (Å²) in [6, 6.07) is 6.60. The third-order valence-corrected chi connectivity index (χ3v) is 2.06. The second kappa shape index (κ2) is 3.53. The average Bonchev–Trinajstić information content (AvgIpc) is 2.64. The predicted octanol–water partition coefficient (Wildman–Crippen LogP) is 1.50. The largest absolute Gasteiger partial charge is 0.507 e. The van der Waals surface area contributed by atoms with Crippen molar-refractivity contribution in [3.05, 3.63) is 41.2 Å². The van der Waals surface area contributed by atoms with Gasteiger partial charge in [0, 0.05) is 5.56 Å². The molecule has 0 amide bonds. The number of para-hydroxylation sites is 1. The summed E-state index contributed by atoms with van der Waals surface area (Å²) in [5.41, 5.74) is 1.39. The topological polar surface area (TPSA) is 83.0 Å². The van der Waals surface area contributed by atoms with E-state index in [1.165, 1.54) is 6.07 Å². The predicted molar refractivity (Wildman–Crippen MR) is 53.1 cm³/mol. The van der Waals surface area contributed by atoms with Gasteiger partial charge in [-0.3, -0.25) is 5.41 Å². The van der Waals surface area contributed by atoms with Crippen LogP contribution in [-0.2, 0) is 0 Å². The van der Waals surface area contributed by atoms with Crippen LogP contribution in [0.3, 0.4) is 0 Å². The summed E-state index contributed by atoms with van der Waals surface area (Å²) in [5, 5.41) is 24.6. The van der Waals surface area contributed by atoms with Crippen LogP contribution >= 0.6 is 0 Å². The molecule has 1 heterocycles. The molecule has 2 aromatic rings. The lowest BCUT2D eigenvalue weighted by Crippen LogP contribution is -2.03. The highest BCUT2D eigenvalue weighted by molar-refractivity contribution is 6.11. The maximum Gasteiger partial charge on any atom is 0.156 e. The summed E-state index contributed by atoms with van der Waals surface area (Å²) < 4.78 is 4.51. The van der Waals surface area contributed by atoms with Gasteiger partial charge in [0.2, 0.25) is 0 Å². The van der Waals surface area contributed by atoms with Crippen molar-refractivity contribution in [1.29, 1.82) is 5.41 Å². The number of aryl methyl sites for hydroxylation is 1. The molecular weight excluding hydrogens is 194 g/mol. The molecule has 2 rings (SSSR count). The van der Waals surface area contributed by atoms with Crippen LogP contribution in [0, 0.1) is 12.3 Å². The molecule has 1 aromatic carbocycles. The number of phenols is 1. The number of nitrogens with zero attached hydrogens (tertiary/aromatic N) is 2. The highest BCUT2D eigenvalue weighted by Gasteiger charge is 2.15. The van der Waals surface area contributed by atoms with Crippen LogP contribution in [0.1, 0.15) is 17.0 Å². The Morgan fingerprint density at radius 2 is 2.07 bits per heavy atom. The first kappa shape index (κ1) is 9.39. The van der Waals surface area contributed by atoms with E-state index in [1.54, 1.807) is 25.1 Å². The van der Waals surface area contributed by atoms with E-state index in [2.05, 4.69) is 14.9 Å². The molecule has 76 valence electrons. The minimum absolute atomic E-state index is 0.0462. The number of nitrogens with one attached hydrogen (secondary N) is 1. The van der Waals surface area contributed by atoms with Gasteiger partial charge in [0.05, 0.1) is 5.71 Å². The smallest absolute Gasteiger partial charge is 0.156 e. The maximum absolute atomic E-state index is 9.55. The molecule has 0 aliphatic heterocycles. The fraction of sp³-hybridized carbons (Fsp3) is 0.100. The Bertz CT molecular complexity index is 505. The zero-order chi connectivity index (χ0) is 10.8. The maximum atomic E-state index is 9.55. The second-order valence-electron chi connectivity index (χ2n) is 3.09. The lowest BCUT2D eigenvalue weighted by atomic mass is 10.1. The first-order valence-corrected chi connectivity index (χ1v) is 4.36. The van der Waals surface area contributed by atoms with E-state index in [0.717, 1.165) is 0 Å². The molecule has 1 aromatic heterocycles. The number of aromatic nitrogens is 2. The Morgan fingerprint density at radius 3 is 2.67 bits per heavy atom. The van der Waals surface area contributed by atoms with Gasteiger partial charge in [-0.25, -0.2) is 4.63 Å². The van der Waals surface area contributed by atoms with E-state index in [1.807, 2.05) is 0 Å². The molecular formula is C10H9N3O2. The fourth-order valence-corrected chi connectivity index (χ4v) is 1.27.